The second-order valence-electron chi connectivity index (χ2n) is 4.92. The van der Waals surface area contributed by atoms with E-state index in [0.717, 1.165) is 32.6 Å². The van der Waals surface area contributed by atoms with E-state index < -0.39 is 0 Å². The van der Waals surface area contributed by atoms with E-state index in [4.69, 9.17) is 16.6 Å². The molecule has 1 heterocycles. The second-order valence-corrected chi connectivity index (χ2v) is 6.27. The van der Waals surface area contributed by atoms with Crippen molar-refractivity contribution in [2.75, 3.05) is 0 Å². The molecule has 2 aromatic carbocycles. The minimum Gasteiger partial charge on any atom is -0.392 e. The predicted molar refractivity (Wildman–Crippen MR) is 93.7 cm³/mol. The molecule has 0 spiro atoms. The quantitative estimate of drug-likeness (QED) is 0.672. The van der Waals surface area contributed by atoms with Crippen LogP contribution in [0.2, 0.25) is 5.02 Å². The molecule has 0 aliphatic rings. The zero-order chi connectivity index (χ0) is 15.5. The lowest BCUT2D eigenvalue weighted by molar-refractivity contribution is 0.282. The summed E-state index contributed by atoms with van der Waals surface area (Å²) in [4.78, 5) is 4.71. The molecule has 0 amide bonds. The fraction of sp³-hybridized carbons (Fsp3) is 0.0556. The number of nitrogens with zero attached hydrogens (tertiary/aromatic N) is 1. The highest BCUT2D eigenvalue weighted by molar-refractivity contribution is 9.10. The minimum atomic E-state index is -0.0212. The van der Waals surface area contributed by atoms with E-state index in [1.54, 1.807) is 0 Å². The lowest BCUT2D eigenvalue weighted by Crippen LogP contribution is -1.93. The van der Waals surface area contributed by atoms with Gasteiger partial charge >= 0.3 is 0 Å². The smallest absolute Gasteiger partial charge is 0.0713 e. The molecule has 0 aliphatic heterocycles. The van der Waals surface area contributed by atoms with Crippen LogP contribution in [-0.4, -0.2) is 10.1 Å². The molecular weight excluding hydrogens is 362 g/mol. The van der Waals surface area contributed by atoms with E-state index >= 15 is 0 Å². The third-order valence-corrected chi connectivity index (χ3v) is 4.13. The molecule has 0 bridgehead atoms. The van der Waals surface area contributed by atoms with E-state index in [1.807, 2.05) is 60.7 Å². The van der Waals surface area contributed by atoms with Crippen LogP contribution in [0.15, 0.2) is 65.1 Å². The van der Waals surface area contributed by atoms with Crippen molar-refractivity contribution in [1.29, 1.82) is 0 Å². The fourth-order valence-corrected chi connectivity index (χ4v) is 2.61. The van der Waals surface area contributed by atoms with Gasteiger partial charge in [-0.1, -0.05) is 51.8 Å². The van der Waals surface area contributed by atoms with Crippen molar-refractivity contribution in [3.05, 3.63) is 75.7 Å². The van der Waals surface area contributed by atoms with Crippen LogP contribution >= 0.6 is 27.5 Å². The summed E-state index contributed by atoms with van der Waals surface area (Å²) in [5, 5.41) is 10.2. The monoisotopic (exact) mass is 373 g/mol. The van der Waals surface area contributed by atoms with E-state index in [2.05, 4.69) is 15.9 Å². The normalized spacial score (nSPS) is 10.7. The highest BCUT2D eigenvalue weighted by atomic mass is 79.9. The topological polar surface area (TPSA) is 33.1 Å². The number of halogens is 2. The van der Waals surface area contributed by atoms with Gasteiger partial charge in [-0.05, 0) is 42.0 Å². The SMILES string of the molecule is OCc1cc(-c2ccc(Cl)cc2)nc(-c2ccc(Br)cc2)c1. The van der Waals surface area contributed by atoms with Crippen LogP contribution in [0.3, 0.4) is 0 Å². The summed E-state index contributed by atoms with van der Waals surface area (Å²) in [6.45, 7) is -0.0212. The largest absolute Gasteiger partial charge is 0.392 e. The van der Waals surface area contributed by atoms with Gasteiger partial charge in [-0.25, -0.2) is 4.98 Å². The molecule has 0 unspecified atom stereocenters. The van der Waals surface area contributed by atoms with Crippen molar-refractivity contribution < 1.29 is 5.11 Å². The summed E-state index contributed by atoms with van der Waals surface area (Å²) in [6.07, 6.45) is 0. The van der Waals surface area contributed by atoms with Gasteiger partial charge in [-0.3, -0.25) is 0 Å². The molecule has 1 N–H and O–H groups in total. The zero-order valence-electron chi connectivity index (χ0n) is 11.6. The number of pyridine rings is 1. The van der Waals surface area contributed by atoms with Crippen LogP contribution in [-0.2, 0) is 6.61 Å². The van der Waals surface area contributed by atoms with Crippen molar-refractivity contribution in [1.82, 2.24) is 4.98 Å². The average Bonchev–Trinajstić information content (AvgIpc) is 2.55. The van der Waals surface area contributed by atoms with Crippen LogP contribution in [0.5, 0.6) is 0 Å². The molecule has 3 rings (SSSR count). The second kappa shape index (κ2) is 6.61. The molecule has 2 nitrogen and oxygen atoms in total. The molecule has 0 saturated carbocycles. The van der Waals surface area contributed by atoms with Gasteiger partial charge in [0.2, 0.25) is 0 Å². The molecule has 3 aromatic rings. The van der Waals surface area contributed by atoms with Crippen LogP contribution in [0.4, 0.5) is 0 Å². The molecule has 0 saturated heterocycles. The van der Waals surface area contributed by atoms with Gasteiger partial charge in [0.15, 0.2) is 0 Å². The van der Waals surface area contributed by atoms with E-state index in [-0.39, 0.29) is 6.61 Å². The summed E-state index contributed by atoms with van der Waals surface area (Å²) in [5.74, 6) is 0. The summed E-state index contributed by atoms with van der Waals surface area (Å²) in [7, 11) is 0. The van der Waals surface area contributed by atoms with Crippen molar-refractivity contribution >= 4 is 27.5 Å². The Balaban J connectivity index is 2.10. The molecule has 0 atom stereocenters. The summed E-state index contributed by atoms with van der Waals surface area (Å²) < 4.78 is 1.02. The number of benzene rings is 2. The Bertz CT molecular complexity index is 721. The predicted octanol–water partition coefficient (Wildman–Crippen LogP) is 5.32. The standard InChI is InChI=1S/C18H13BrClNO/c19-15-5-1-13(2-6-15)17-9-12(11-22)10-18(21-17)14-3-7-16(20)8-4-14/h1-10,22H,11H2. The van der Waals surface area contributed by atoms with Gasteiger partial charge in [-0.15, -0.1) is 0 Å². The number of hydrogen-bond acceptors (Lipinski definition) is 2. The van der Waals surface area contributed by atoms with Crippen molar-refractivity contribution in [2.45, 2.75) is 6.61 Å². The van der Waals surface area contributed by atoms with Gasteiger partial charge in [0.05, 0.1) is 18.0 Å². The Morgan fingerprint density at radius 2 is 1.36 bits per heavy atom. The minimum absolute atomic E-state index is 0.0212. The van der Waals surface area contributed by atoms with Crippen molar-refractivity contribution in [3.63, 3.8) is 0 Å². The Kier molecular flexibility index (Phi) is 4.57. The number of aliphatic hydroxyl groups excluding tert-OH is 1. The molecule has 4 heteroatoms. The molecule has 1 aromatic heterocycles. The molecular formula is C18H13BrClNO. The molecule has 0 aliphatic carbocycles. The molecule has 0 fully saturated rings. The van der Waals surface area contributed by atoms with E-state index in [9.17, 15) is 5.11 Å². The third kappa shape index (κ3) is 3.38. The Morgan fingerprint density at radius 1 is 0.864 bits per heavy atom. The Hall–Kier alpha value is -1.68. The summed E-state index contributed by atoms with van der Waals surface area (Å²) >= 11 is 9.37. The first-order chi connectivity index (χ1) is 10.7. The first-order valence-electron chi connectivity index (χ1n) is 6.79. The van der Waals surface area contributed by atoms with Gasteiger partial charge in [0, 0.05) is 20.6 Å². The van der Waals surface area contributed by atoms with Gasteiger partial charge < -0.3 is 5.11 Å². The lowest BCUT2D eigenvalue weighted by atomic mass is 10.1. The summed E-state index contributed by atoms with van der Waals surface area (Å²) in [6, 6.07) is 19.3. The average molecular weight is 375 g/mol. The highest BCUT2D eigenvalue weighted by Gasteiger charge is 2.07. The molecule has 110 valence electrons. The maximum absolute atomic E-state index is 9.51. The van der Waals surface area contributed by atoms with Crippen LogP contribution in [0, 0.1) is 0 Å². The first-order valence-corrected chi connectivity index (χ1v) is 7.96. The highest BCUT2D eigenvalue weighted by Crippen LogP contribution is 2.26. The molecule has 0 radical (unpaired) electrons. The van der Waals surface area contributed by atoms with Crippen LogP contribution < -0.4 is 0 Å². The number of rotatable bonds is 3. The first kappa shape index (κ1) is 15.2. The zero-order valence-corrected chi connectivity index (χ0v) is 14.0. The Labute approximate surface area is 142 Å². The van der Waals surface area contributed by atoms with Gasteiger partial charge in [0.1, 0.15) is 0 Å². The third-order valence-electron chi connectivity index (χ3n) is 3.35. The van der Waals surface area contributed by atoms with E-state index in [1.165, 1.54) is 0 Å². The van der Waals surface area contributed by atoms with Crippen LogP contribution in [0.25, 0.3) is 22.5 Å². The maximum Gasteiger partial charge on any atom is 0.0713 e. The van der Waals surface area contributed by atoms with Gasteiger partial charge in [0.25, 0.3) is 0 Å². The van der Waals surface area contributed by atoms with Crippen LogP contribution in [0.1, 0.15) is 5.56 Å². The van der Waals surface area contributed by atoms with Crippen molar-refractivity contribution in [3.8, 4) is 22.5 Å². The molecule has 22 heavy (non-hydrogen) atoms. The number of aliphatic hydroxyl groups is 1. The maximum atomic E-state index is 9.51. The number of hydrogen-bond donors (Lipinski definition) is 1. The van der Waals surface area contributed by atoms with E-state index in [0.29, 0.717) is 5.02 Å². The van der Waals surface area contributed by atoms with Crippen molar-refractivity contribution in [2.24, 2.45) is 0 Å². The number of aromatic nitrogens is 1. The lowest BCUT2D eigenvalue weighted by Gasteiger charge is -2.09. The van der Waals surface area contributed by atoms with Gasteiger partial charge in [-0.2, -0.15) is 0 Å². The fourth-order valence-electron chi connectivity index (χ4n) is 2.22. The summed E-state index contributed by atoms with van der Waals surface area (Å²) in [5.41, 5.74) is 4.47. The Morgan fingerprint density at radius 3 is 1.86 bits per heavy atom.